The molecule has 0 spiro atoms. The molecule has 1 aromatic carbocycles. The van der Waals surface area contributed by atoms with Crippen LogP contribution in [0.5, 0.6) is 0 Å². The summed E-state index contributed by atoms with van der Waals surface area (Å²) in [5.74, 6) is 0.845. The predicted octanol–water partition coefficient (Wildman–Crippen LogP) is 1.49. The van der Waals surface area contributed by atoms with Gasteiger partial charge in [0, 0.05) is 44.8 Å². The third kappa shape index (κ3) is 3.16. The van der Waals surface area contributed by atoms with Crippen LogP contribution in [0.25, 0.3) is 0 Å². The minimum absolute atomic E-state index is 0.802. The van der Waals surface area contributed by atoms with Crippen LogP contribution in [0, 0.1) is 6.92 Å². The number of benzene rings is 1. The van der Waals surface area contributed by atoms with Crippen LogP contribution in [0.4, 0.5) is 5.95 Å². The van der Waals surface area contributed by atoms with Crippen LogP contribution in [-0.4, -0.2) is 51.3 Å². The summed E-state index contributed by atoms with van der Waals surface area (Å²) in [5, 5.41) is 12.5. The van der Waals surface area contributed by atoms with Crippen LogP contribution >= 0.6 is 11.6 Å². The van der Waals surface area contributed by atoms with Gasteiger partial charge in [-0.05, 0) is 40.6 Å². The summed E-state index contributed by atoms with van der Waals surface area (Å²) in [4.78, 5) is 4.68. The molecule has 7 heteroatoms. The van der Waals surface area contributed by atoms with Crippen molar-refractivity contribution in [3.63, 3.8) is 0 Å². The SMILES string of the molecule is Cc1cc(Cl)ccc1CN1CCN(c2nnnn2C)CC1. The molecule has 21 heavy (non-hydrogen) atoms. The highest BCUT2D eigenvalue weighted by Gasteiger charge is 2.20. The molecule has 1 saturated heterocycles. The monoisotopic (exact) mass is 306 g/mol. The molecule has 0 radical (unpaired) electrons. The van der Waals surface area contributed by atoms with Gasteiger partial charge < -0.3 is 4.90 Å². The van der Waals surface area contributed by atoms with Crippen molar-refractivity contribution in [2.45, 2.75) is 13.5 Å². The van der Waals surface area contributed by atoms with Gasteiger partial charge in [-0.1, -0.05) is 22.8 Å². The summed E-state index contributed by atoms with van der Waals surface area (Å²) in [6, 6.07) is 6.11. The van der Waals surface area contributed by atoms with Crippen molar-refractivity contribution in [2.24, 2.45) is 7.05 Å². The largest absolute Gasteiger partial charge is 0.337 e. The number of hydrogen-bond acceptors (Lipinski definition) is 5. The number of aryl methyl sites for hydroxylation is 2. The maximum atomic E-state index is 6.01. The van der Waals surface area contributed by atoms with E-state index >= 15 is 0 Å². The van der Waals surface area contributed by atoms with Crippen LogP contribution in [0.1, 0.15) is 11.1 Å². The van der Waals surface area contributed by atoms with Gasteiger partial charge in [-0.15, -0.1) is 0 Å². The summed E-state index contributed by atoms with van der Waals surface area (Å²) in [6.07, 6.45) is 0. The van der Waals surface area contributed by atoms with E-state index in [4.69, 9.17) is 11.6 Å². The number of anilines is 1. The summed E-state index contributed by atoms with van der Waals surface area (Å²) >= 11 is 6.01. The average molecular weight is 307 g/mol. The zero-order valence-electron chi connectivity index (χ0n) is 12.3. The van der Waals surface area contributed by atoms with Gasteiger partial charge in [0.05, 0.1) is 0 Å². The molecule has 0 atom stereocenters. The summed E-state index contributed by atoms with van der Waals surface area (Å²) in [5.41, 5.74) is 2.59. The molecule has 0 saturated carbocycles. The molecule has 1 aliphatic rings. The van der Waals surface area contributed by atoms with Gasteiger partial charge in [-0.25, -0.2) is 4.68 Å². The first-order valence-corrected chi connectivity index (χ1v) is 7.46. The van der Waals surface area contributed by atoms with Crippen molar-refractivity contribution in [2.75, 3.05) is 31.1 Å². The van der Waals surface area contributed by atoms with E-state index in [1.807, 2.05) is 19.2 Å². The lowest BCUT2D eigenvalue weighted by Crippen LogP contribution is -2.46. The van der Waals surface area contributed by atoms with Crippen LogP contribution in [-0.2, 0) is 13.6 Å². The molecule has 1 aliphatic heterocycles. The highest BCUT2D eigenvalue weighted by atomic mass is 35.5. The van der Waals surface area contributed by atoms with Crippen molar-refractivity contribution < 1.29 is 0 Å². The average Bonchev–Trinajstić information content (AvgIpc) is 2.89. The maximum absolute atomic E-state index is 6.01. The lowest BCUT2D eigenvalue weighted by atomic mass is 10.1. The van der Waals surface area contributed by atoms with E-state index in [1.54, 1.807) is 4.68 Å². The molecule has 1 aromatic heterocycles. The lowest BCUT2D eigenvalue weighted by molar-refractivity contribution is 0.247. The summed E-state index contributed by atoms with van der Waals surface area (Å²) in [6.45, 7) is 6.99. The number of nitrogens with zero attached hydrogens (tertiary/aromatic N) is 6. The van der Waals surface area contributed by atoms with Gasteiger partial charge in [0.1, 0.15) is 0 Å². The zero-order chi connectivity index (χ0) is 14.8. The second kappa shape index (κ2) is 5.99. The Morgan fingerprint density at radius 2 is 1.95 bits per heavy atom. The number of halogens is 1. The van der Waals surface area contributed by atoms with E-state index in [9.17, 15) is 0 Å². The van der Waals surface area contributed by atoms with Crippen molar-refractivity contribution in [1.29, 1.82) is 0 Å². The fraction of sp³-hybridized carbons (Fsp3) is 0.500. The molecular formula is C14H19ClN6. The molecule has 0 N–H and O–H groups in total. The van der Waals surface area contributed by atoms with Gasteiger partial charge in [0.15, 0.2) is 0 Å². The van der Waals surface area contributed by atoms with Crippen molar-refractivity contribution in [3.8, 4) is 0 Å². The normalized spacial score (nSPS) is 16.4. The van der Waals surface area contributed by atoms with Crippen molar-refractivity contribution in [1.82, 2.24) is 25.1 Å². The first kappa shape index (κ1) is 14.3. The summed E-state index contributed by atoms with van der Waals surface area (Å²) < 4.78 is 1.72. The minimum atomic E-state index is 0.802. The van der Waals surface area contributed by atoms with Gasteiger partial charge in [-0.3, -0.25) is 4.90 Å². The third-order valence-corrected chi connectivity index (χ3v) is 4.19. The standard InChI is InChI=1S/C14H19ClN6/c1-11-9-13(15)4-3-12(11)10-20-5-7-21(8-6-20)14-16-17-18-19(14)2/h3-4,9H,5-8,10H2,1-2H3. The molecule has 2 aromatic rings. The molecule has 0 bridgehead atoms. The second-order valence-electron chi connectivity index (χ2n) is 5.44. The Kier molecular flexibility index (Phi) is 4.07. The van der Waals surface area contributed by atoms with Crippen molar-refractivity contribution >= 4 is 17.5 Å². The maximum Gasteiger partial charge on any atom is 0.245 e. The van der Waals surface area contributed by atoms with Gasteiger partial charge >= 0.3 is 0 Å². The van der Waals surface area contributed by atoms with Gasteiger partial charge in [0.2, 0.25) is 5.95 Å². The highest BCUT2D eigenvalue weighted by Crippen LogP contribution is 2.18. The third-order valence-electron chi connectivity index (χ3n) is 3.95. The fourth-order valence-electron chi connectivity index (χ4n) is 2.68. The molecule has 6 nitrogen and oxygen atoms in total. The Hall–Kier alpha value is -1.66. The number of piperazine rings is 1. The Morgan fingerprint density at radius 1 is 1.19 bits per heavy atom. The quantitative estimate of drug-likeness (QED) is 0.860. The minimum Gasteiger partial charge on any atom is -0.337 e. The predicted molar refractivity (Wildman–Crippen MR) is 82.5 cm³/mol. The number of hydrogen-bond donors (Lipinski definition) is 0. The summed E-state index contributed by atoms with van der Waals surface area (Å²) in [7, 11) is 1.87. The zero-order valence-corrected chi connectivity index (χ0v) is 13.1. The van der Waals surface area contributed by atoms with E-state index in [1.165, 1.54) is 11.1 Å². The van der Waals surface area contributed by atoms with Crippen molar-refractivity contribution in [3.05, 3.63) is 34.3 Å². The Labute approximate surface area is 129 Å². The molecule has 112 valence electrons. The molecule has 0 aliphatic carbocycles. The van der Waals surface area contributed by atoms with E-state index in [0.29, 0.717) is 0 Å². The molecule has 1 fully saturated rings. The molecule has 0 unspecified atom stereocenters. The van der Waals surface area contributed by atoms with Crippen LogP contribution < -0.4 is 4.90 Å². The molecule has 2 heterocycles. The Bertz CT molecular complexity index is 618. The van der Waals surface area contributed by atoms with Gasteiger partial charge in [-0.2, -0.15) is 0 Å². The van der Waals surface area contributed by atoms with E-state index in [-0.39, 0.29) is 0 Å². The molecular weight excluding hydrogens is 288 g/mol. The fourth-order valence-corrected chi connectivity index (χ4v) is 2.90. The number of rotatable bonds is 3. The topological polar surface area (TPSA) is 50.1 Å². The van der Waals surface area contributed by atoms with E-state index in [2.05, 4.69) is 38.3 Å². The van der Waals surface area contributed by atoms with Crippen LogP contribution in [0.15, 0.2) is 18.2 Å². The highest BCUT2D eigenvalue weighted by molar-refractivity contribution is 6.30. The van der Waals surface area contributed by atoms with E-state index in [0.717, 1.165) is 43.7 Å². The number of aromatic nitrogens is 4. The van der Waals surface area contributed by atoms with Crippen LogP contribution in [0.2, 0.25) is 5.02 Å². The first-order chi connectivity index (χ1) is 10.1. The Balaban J connectivity index is 1.60. The number of tetrazole rings is 1. The Morgan fingerprint density at radius 3 is 2.57 bits per heavy atom. The first-order valence-electron chi connectivity index (χ1n) is 7.08. The lowest BCUT2D eigenvalue weighted by Gasteiger charge is -2.34. The van der Waals surface area contributed by atoms with Crippen LogP contribution in [0.3, 0.4) is 0 Å². The van der Waals surface area contributed by atoms with E-state index < -0.39 is 0 Å². The molecule has 3 rings (SSSR count). The van der Waals surface area contributed by atoms with Gasteiger partial charge in [0.25, 0.3) is 0 Å². The smallest absolute Gasteiger partial charge is 0.245 e. The molecule has 0 amide bonds. The second-order valence-corrected chi connectivity index (χ2v) is 5.87.